The fraction of sp³-hybridized carbons (Fsp3) is 0.250. The van der Waals surface area contributed by atoms with Gasteiger partial charge < -0.3 is 19.4 Å². The van der Waals surface area contributed by atoms with Crippen molar-refractivity contribution >= 4 is 11.6 Å². The number of nitriles is 1. The Morgan fingerprint density at radius 2 is 1.87 bits per heavy atom. The average Bonchev–Trinajstić information content (AvgIpc) is 3.06. The van der Waals surface area contributed by atoms with Crippen LogP contribution in [0.1, 0.15) is 34.6 Å². The lowest BCUT2D eigenvalue weighted by atomic mass is 10.2. The van der Waals surface area contributed by atoms with Gasteiger partial charge in [0.15, 0.2) is 0 Å². The standard InChI is InChI=1S/C24H25N3O3/c1-17-15-23(18(2)27(17)20-9-11-21(29-3)12-10-20)24(28)26-19-7-6-8-22(16-19)30-14-5-4-13-25/h6-12,15-16H,4-5,14H2,1-3H3,(H,26,28). The van der Waals surface area contributed by atoms with Crippen LogP contribution in [0.25, 0.3) is 5.69 Å². The molecule has 3 aromatic rings. The number of anilines is 1. The van der Waals surface area contributed by atoms with E-state index in [1.807, 2.05) is 66.9 Å². The maximum atomic E-state index is 12.9. The Morgan fingerprint density at radius 3 is 2.57 bits per heavy atom. The highest BCUT2D eigenvalue weighted by molar-refractivity contribution is 6.05. The SMILES string of the molecule is COc1ccc(-n2c(C)cc(C(=O)Nc3cccc(OCCCC#N)c3)c2C)cc1. The summed E-state index contributed by atoms with van der Waals surface area (Å²) in [5.74, 6) is 1.27. The number of carbonyl (C=O) groups is 1. The molecule has 0 fully saturated rings. The van der Waals surface area contributed by atoms with Crippen LogP contribution in [0.2, 0.25) is 0 Å². The first-order valence-corrected chi connectivity index (χ1v) is 9.78. The molecule has 0 aliphatic heterocycles. The molecule has 1 heterocycles. The van der Waals surface area contributed by atoms with Gasteiger partial charge in [-0.15, -0.1) is 0 Å². The van der Waals surface area contributed by atoms with Gasteiger partial charge in [0.1, 0.15) is 11.5 Å². The van der Waals surface area contributed by atoms with E-state index in [-0.39, 0.29) is 5.91 Å². The van der Waals surface area contributed by atoms with Gasteiger partial charge in [-0.2, -0.15) is 5.26 Å². The topological polar surface area (TPSA) is 76.3 Å². The zero-order chi connectivity index (χ0) is 21.5. The third-order valence-electron chi connectivity index (χ3n) is 4.80. The van der Waals surface area contributed by atoms with Crippen LogP contribution in [0, 0.1) is 25.2 Å². The number of amides is 1. The number of benzene rings is 2. The second-order valence-corrected chi connectivity index (χ2v) is 6.91. The first-order chi connectivity index (χ1) is 14.5. The van der Waals surface area contributed by atoms with Crippen molar-refractivity contribution in [2.45, 2.75) is 26.7 Å². The monoisotopic (exact) mass is 403 g/mol. The predicted molar refractivity (Wildman–Crippen MR) is 117 cm³/mol. The van der Waals surface area contributed by atoms with Gasteiger partial charge in [-0.3, -0.25) is 4.79 Å². The zero-order valence-electron chi connectivity index (χ0n) is 17.4. The Balaban J connectivity index is 1.75. The van der Waals surface area contributed by atoms with E-state index in [0.29, 0.717) is 36.4 Å². The van der Waals surface area contributed by atoms with E-state index in [9.17, 15) is 4.79 Å². The van der Waals surface area contributed by atoms with Gasteiger partial charge in [0.25, 0.3) is 5.91 Å². The number of nitrogens with zero attached hydrogens (tertiary/aromatic N) is 2. The summed E-state index contributed by atoms with van der Waals surface area (Å²) in [4.78, 5) is 12.9. The van der Waals surface area contributed by atoms with Crippen molar-refractivity contribution in [3.05, 3.63) is 71.5 Å². The molecule has 6 nitrogen and oxygen atoms in total. The molecule has 0 saturated carbocycles. The highest BCUT2D eigenvalue weighted by Crippen LogP contribution is 2.24. The second kappa shape index (κ2) is 9.66. The molecule has 1 N–H and O–H groups in total. The smallest absolute Gasteiger partial charge is 0.257 e. The van der Waals surface area contributed by atoms with Crippen molar-refractivity contribution in [3.63, 3.8) is 0 Å². The minimum absolute atomic E-state index is 0.176. The lowest BCUT2D eigenvalue weighted by Crippen LogP contribution is -2.13. The molecule has 1 amide bonds. The molecule has 3 rings (SSSR count). The van der Waals surface area contributed by atoms with Gasteiger partial charge in [0.2, 0.25) is 0 Å². The Labute approximate surface area is 176 Å². The van der Waals surface area contributed by atoms with Crippen molar-refractivity contribution in [1.29, 1.82) is 5.26 Å². The minimum atomic E-state index is -0.176. The van der Waals surface area contributed by atoms with Gasteiger partial charge in [0, 0.05) is 35.2 Å². The fourth-order valence-electron chi connectivity index (χ4n) is 3.32. The highest BCUT2D eigenvalue weighted by atomic mass is 16.5. The van der Waals surface area contributed by atoms with Crippen LogP contribution in [0.15, 0.2) is 54.6 Å². The number of unbranched alkanes of at least 4 members (excludes halogenated alkanes) is 1. The Hall–Kier alpha value is -3.72. The summed E-state index contributed by atoms with van der Waals surface area (Å²) in [6, 6.07) is 19.0. The number of rotatable bonds is 8. The summed E-state index contributed by atoms with van der Waals surface area (Å²) < 4.78 is 12.9. The summed E-state index contributed by atoms with van der Waals surface area (Å²) in [7, 11) is 1.63. The Bertz CT molecular complexity index is 1060. The summed E-state index contributed by atoms with van der Waals surface area (Å²) in [6.45, 7) is 4.37. The molecule has 30 heavy (non-hydrogen) atoms. The van der Waals surface area contributed by atoms with Crippen molar-refractivity contribution in [2.75, 3.05) is 19.0 Å². The van der Waals surface area contributed by atoms with Crippen molar-refractivity contribution in [2.24, 2.45) is 0 Å². The van der Waals surface area contributed by atoms with Crippen molar-refractivity contribution in [3.8, 4) is 23.3 Å². The van der Waals surface area contributed by atoms with Crippen molar-refractivity contribution in [1.82, 2.24) is 4.57 Å². The largest absolute Gasteiger partial charge is 0.497 e. The molecule has 6 heteroatoms. The Kier molecular flexibility index (Phi) is 6.76. The number of hydrogen-bond donors (Lipinski definition) is 1. The normalized spacial score (nSPS) is 10.3. The average molecular weight is 403 g/mol. The zero-order valence-corrected chi connectivity index (χ0v) is 17.4. The quantitative estimate of drug-likeness (QED) is 0.535. The maximum Gasteiger partial charge on any atom is 0.257 e. The number of nitrogens with one attached hydrogen (secondary N) is 1. The molecule has 2 aromatic carbocycles. The molecule has 0 bridgehead atoms. The van der Waals surface area contributed by atoms with Crippen LogP contribution in [-0.4, -0.2) is 24.2 Å². The van der Waals surface area contributed by atoms with E-state index >= 15 is 0 Å². The molecule has 0 aliphatic rings. The number of aryl methyl sites for hydroxylation is 1. The number of ether oxygens (including phenoxy) is 2. The van der Waals surface area contributed by atoms with Crippen molar-refractivity contribution < 1.29 is 14.3 Å². The van der Waals surface area contributed by atoms with Crippen LogP contribution >= 0.6 is 0 Å². The van der Waals surface area contributed by atoms with E-state index in [0.717, 1.165) is 22.8 Å². The number of hydrogen-bond acceptors (Lipinski definition) is 4. The molecule has 1 aromatic heterocycles. The summed E-state index contributed by atoms with van der Waals surface area (Å²) in [5, 5.41) is 11.5. The van der Waals surface area contributed by atoms with E-state index in [2.05, 4.69) is 11.4 Å². The minimum Gasteiger partial charge on any atom is -0.497 e. The molecule has 0 aliphatic carbocycles. The van der Waals surface area contributed by atoms with Gasteiger partial charge >= 0.3 is 0 Å². The number of aromatic nitrogens is 1. The highest BCUT2D eigenvalue weighted by Gasteiger charge is 2.17. The molecule has 0 saturated heterocycles. The third kappa shape index (κ3) is 4.81. The lowest BCUT2D eigenvalue weighted by molar-refractivity contribution is 0.102. The summed E-state index contributed by atoms with van der Waals surface area (Å²) in [6.07, 6.45) is 1.13. The number of carbonyl (C=O) groups excluding carboxylic acids is 1. The van der Waals surface area contributed by atoms with Crippen LogP contribution < -0.4 is 14.8 Å². The predicted octanol–water partition coefficient (Wildman–Crippen LogP) is 5.04. The first kappa shape index (κ1) is 21.0. The van der Waals surface area contributed by atoms with E-state index < -0.39 is 0 Å². The van der Waals surface area contributed by atoms with Gasteiger partial charge in [-0.1, -0.05) is 6.07 Å². The van der Waals surface area contributed by atoms with Gasteiger partial charge in [-0.05, 0) is 62.7 Å². The van der Waals surface area contributed by atoms with Crippen LogP contribution in [-0.2, 0) is 0 Å². The summed E-state index contributed by atoms with van der Waals surface area (Å²) in [5.41, 5.74) is 4.07. The third-order valence-corrected chi connectivity index (χ3v) is 4.80. The molecule has 0 unspecified atom stereocenters. The molecule has 0 spiro atoms. The van der Waals surface area contributed by atoms with E-state index in [4.69, 9.17) is 14.7 Å². The maximum absolute atomic E-state index is 12.9. The van der Waals surface area contributed by atoms with E-state index in [1.54, 1.807) is 13.2 Å². The van der Waals surface area contributed by atoms with E-state index in [1.165, 1.54) is 0 Å². The first-order valence-electron chi connectivity index (χ1n) is 9.78. The number of methoxy groups -OCH3 is 1. The van der Waals surface area contributed by atoms with Crippen LogP contribution in [0.4, 0.5) is 5.69 Å². The van der Waals surface area contributed by atoms with Crippen LogP contribution in [0.3, 0.4) is 0 Å². The molecule has 154 valence electrons. The summed E-state index contributed by atoms with van der Waals surface area (Å²) >= 11 is 0. The molecule has 0 radical (unpaired) electrons. The molecular weight excluding hydrogens is 378 g/mol. The lowest BCUT2D eigenvalue weighted by Gasteiger charge is -2.11. The van der Waals surface area contributed by atoms with Crippen LogP contribution in [0.5, 0.6) is 11.5 Å². The van der Waals surface area contributed by atoms with Gasteiger partial charge in [-0.25, -0.2) is 0 Å². The second-order valence-electron chi connectivity index (χ2n) is 6.91. The van der Waals surface area contributed by atoms with Gasteiger partial charge in [0.05, 0.1) is 25.3 Å². The Morgan fingerprint density at radius 1 is 1.10 bits per heavy atom. The fourth-order valence-corrected chi connectivity index (χ4v) is 3.32. The molecular formula is C24H25N3O3. The molecule has 0 atom stereocenters.